The number of ether oxygens (including phenoxy) is 1. The number of carbonyl (C=O) groups excluding carboxylic acids is 3. The Labute approximate surface area is 183 Å². The molecule has 1 unspecified atom stereocenters. The smallest absolute Gasteiger partial charge is 0.343 e. The first-order chi connectivity index (χ1) is 15.4. The molecule has 0 fully saturated rings. The Morgan fingerprint density at radius 2 is 1.62 bits per heavy atom. The number of pyridine rings is 1. The number of fused-ring (bicyclic) bond motifs is 2. The van der Waals surface area contributed by atoms with Gasteiger partial charge in [-0.2, -0.15) is 0 Å². The van der Waals surface area contributed by atoms with Gasteiger partial charge in [-0.1, -0.05) is 35.9 Å². The quantitative estimate of drug-likeness (QED) is 0.293. The first-order valence-electron chi connectivity index (χ1n) is 10.0. The van der Waals surface area contributed by atoms with E-state index < -0.39 is 23.5 Å². The molecule has 6 heteroatoms. The molecule has 0 amide bonds. The molecule has 156 valence electrons. The molecule has 4 aromatic rings. The van der Waals surface area contributed by atoms with Crippen molar-refractivity contribution in [1.29, 1.82) is 0 Å². The number of para-hydroxylation sites is 1. The Hall–Kier alpha value is -4.32. The Morgan fingerprint density at radius 3 is 2.41 bits per heavy atom. The fourth-order valence-corrected chi connectivity index (χ4v) is 3.87. The minimum absolute atomic E-state index is 0.0127. The third kappa shape index (κ3) is 3.22. The van der Waals surface area contributed by atoms with E-state index in [0.29, 0.717) is 16.7 Å². The Balaban J connectivity index is 1.48. The van der Waals surface area contributed by atoms with Crippen molar-refractivity contribution in [2.45, 2.75) is 12.8 Å². The highest BCUT2D eigenvalue weighted by molar-refractivity contribution is 6.30. The summed E-state index contributed by atoms with van der Waals surface area (Å²) in [4.78, 5) is 43.1. The van der Waals surface area contributed by atoms with Gasteiger partial charge in [0.1, 0.15) is 23.1 Å². The fraction of sp³-hybridized carbons (Fsp3) is 0.0769. The van der Waals surface area contributed by atoms with Gasteiger partial charge >= 0.3 is 5.97 Å². The number of carbonyl (C=O) groups is 3. The first-order valence-corrected chi connectivity index (χ1v) is 10.0. The van der Waals surface area contributed by atoms with Crippen molar-refractivity contribution >= 4 is 28.4 Å². The van der Waals surface area contributed by atoms with Crippen molar-refractivity contribution < 1.29 is 24.2 Å². The summed E-state index contributed by atoms with van der Waals surface area (Å²) in [5.41, 5.74) is 2.08. The standard InChI is InChI=1S/C26H17NO5/c1-14-6-9-17(10-7-14)32-26(31)16-8-11-18-19(12-16)25(30)22(24(18)29)23-21(28)13-15-4-2-3-5-20(15)27-23/h2-13,22,28H,1H3. The van der Waals surface area contributed by atoms with Crippen molar-refractivity contribution in [3.05, 3.63) is 101 Å². The Morgan fingerprint density at radius 1 is 0.906 bits per heavy atom. The zero-order chi connectivity index (χ0) is 22.4. The highest BCUT2D eigenvalue weighted by atomic mass is 16.5. The second kappa shape index (κ2) is 7.42. The van der Waals surface area contributed by atoms with Gasteiger partial charge in [-0.15, -0.1) is 0 Å². The minimum Gasteiger partial charge on any atom is -0.506 e. The Kier molecular flexibility index (Phi) is 4.56. The average molecular weight is 423 g/mol. The van der Waals surface area contributed by atoms with Gasteiger partial charge in [-0.25, -0.2) is 9.78 Å². The van der Waals surface area contributed by atoms with Crippen LogP contribution in [-0.2, 0) is 0 Å². The van der Waals surface area contributed by atoms with Gasteiger partial charge in [-0.3, -0.25) is 9.59 Å². The van der Waals surface area contributed by atoms with Crippen LogP contribution in [0.5, 0.6) is 11.5 Å². The predicted molar refractivity (Wildman–Crippen MR) is 117 cm³/mol. The van der Waals surface area contributed by atoms with Crippen LogP contribution < -0.4 is 4.74 Å². The van der Waals surface area contributed by atoms with E-state index in [0.717, 1.165) is 5.56 Å². The van der Waals surface area contributed by atoms with Crippen LogP contribution in [0.2, 0.25) is 0 Å². The van der Waals surface area contributed by atoms with Crippen LogP contribution in [0, 0.1) is 6.92 Å². The molecule has 5 rings (SSSR count). The van der Waals surface area contributed by atoms with E-state index >= 15 is 0 Å². The lowest BCUT2D eigenvalue weighted by Crippen LogP contribution is -2.15. The molecule has 6 nitrogen and oxygen atoms in total. The van der Waals surface area contributed by atoms with Crippen LogP contribution in [0.4, 0.5) is 0 Å². The van der Waals surface area contributed by atoms with Crippen molar-refractivity contribution in [2.24, 2.45) is 0 Å². The van der Waals surface area contributed by atoms with Gasteiger partial charge in [0.2, 0.25) is 0 Å². The average Bonchev–Trinajstić information content (AvgIpc) is 3.04. The van der Waals surface area contributed by atoms with Gasteiger partial charge < -0.3 is 9.84 Å². The number of hydrogen-bond acceptors (Lipinski definition) is 6. The second-order valence-electron chi connectivity index (χ2n) is 7.71. The summed E-state index contributed by atoms with van der Waals surface area (Å²) in [6.45, 7) is 1.92. The number of hydrogen-bond donors (Lipinski definition) is 1. The summed E-state index contributed by atoms with van der Waals surface area (Å²) >= 11 is 0. The molecule has 0 bridgehead atoms. The minimum atomic E-state index is -1.25. The molecule has 0 saturated heterocycles. The van der Waals surface area contributed by atoms with Crippen LogP contribution in [0.3, 0.4) is 0 Å². The molecule has 1 aromatic heterocycles. The molecule has 0 aliphatic heterocycles. The van der Waals surface area contributed by atoms with E-state index in [9.17, 15) is 19.5 Å². The molecule has 1 N–H and O–H groups in total. The van der Waals surface area contributed by atoms with Crippen molar-refractivity contribution in [2.75, 3.05) is 0 Å². The molecule has 32 heavy (non-hydrogen) atoms. The second-order valence-corrected chi connectivity index (χ2v) is 7.71. The van der Waals surface area contributed by atoms with E-state index in [2.05, 4.69) is 4.98 Å². The maximum atomic E-state index is 13.1. The van der Waals surface area contributed by atoms with Crippen LogP contribution in [0.15, 0.2) is 72.8 Å². The van der Waals surface area contributed by atoms with Crippen molar-refractivity contribution in [3.8, 4) is 11.5 Å². The first kappa shape index (κ1) is 19.6. The molecule has 1 aliphatic carbocycles. The zero-order valence-corrected chi connectivity index (χ0v) is 17.0. The summed E-state index contributed by atoms with van der Waals surface area (Å²) < 4.78 is 5.37. The summed E-state index contributed by atoms with van der Waals surface area (Å²) in [7, 11) is 0. The largest absolute Gasteiger partial charge is 0.506 e. The lowest BCUT2D eigenvalue weighted by molar-refractivity contribution is 0.0734. The number of rotatable bonds is 3. The lowest BCUT2D eigenvalue weighted by atomic mass is 9.97. The number of aromatic nitrogens is 1. The molecular weight excluding hydrogens is 406 g/mol. The molecule has 0 saturated carbocycles. The molecule has 0 radical (unpaired) electrons. The number of benzene rings is 3. The molecule has 1 atom stereocenters. The molecule has 1 aliphatic rings. The van der Waals surface area contributed by atoms with Gasteiger partial charge in [0.15, 0.2) is 11.6 Å². The molecule has 1 heterocycles. The van der Waals surface area contributed by atoms with E-state index in [1.807, 2.05) is 25.1 Å². The maximum absolute atomic E-state index is 13.1. The maximum Gasteiger partial charge on any atom is 0.343 e. The highest BCUT2D eigenvalue weighted by Crippen LogP contribution is 2.38. The molecule has 0 spiro atoms. The van der Waals surface area contributed by atoms with Crippen LogP contribution in [-0.4, -0.2) is 27.6 Å². The summed E-state index contributed by atoms with van der Waals surface area (Å²) in [6.07, 6.45) is 0. The fourth-order valence-electron chi connectivity index (χ4n) is 3.87. The predicted octanol–water partition coefficient (Wildman–Crippen LogP) is 4.63. The number of esters is 1. The highest BCUT2D eigenvalue weighted by Gasteiger charge is 2.42. The van der Waals surface area contributed by atoms with Gasteiger partial charge in [-0.05, 0) is 49.4 Å². The monoisotopic (exact) mass is 423 g/mol. The van der Waals surface area contributed by atoms with E-state index in [1.165, 1.54) is 24.3 Å². The topological polar surface area (TPSA) is 93.6 Å². The third-order valence-electron chi connectivity index (χ3n) is 5.55. The third-order valence-corrected chi connectivity index (χ3v) is 5.55. The number of Topliss-reactive ketones (excluding diaryl/α,β-unsaturated/α-hetero) is 2. The van der Waals surface area contributed by atoms with Crippen LogP contribution in [0.25, 0.3) is 10.9 Å². The summed E-state index contributed by atoms with van der Waals surface area (Å²) in [6, 6.07) is 19.9. The summed E-state index contributed by atoms with van der Waals surface area (Å²) in [5.74, 6) is -2.69. The number of ketones is 2. The van der Waals surface area contributed by atoms with Gasteiger partial charge in [0.25, 0.3) is 0 Å². The zero-order valence-electron chi connectivity index (χ0n) is 17.0. The molecular formula is C26H17NO5. The SMILES string of the molecule is Cc1ccc(OC(=O)c2ccc3c(c2)C(=O)C(c2nc4ccccc4cc2O)C3=O)cc1. The van der Waals surface area contributed by atoms with E-state index in [1.54, 1.807) is 30.3 Å². The van der Waals surface area contributed by atoms with Crippen LogP contribution in [0.1, 0.15) is 48.2 Å². The number of aryl methyl sites for hydroxylation is 1. The van der Waals surface area contributed by atoms with Crippen molar-refractivity contribution in [1.82, 2.24) is 4.98 Å². The van der Waals surface area contributed by atoms with Gasteiger partial charge in [0.05, 0.1) is 11.1 Å². The van der Waals surface area contributed by atoms with Crippen LogP contribution >= 0.6 is 0 Å². The van der Waals surface area contributed by atoms with E-state index in [-0.39, 0.29) is 28.1 Å². The van der Waals surface area contributed by atoms with Crippen molar-refractivity contribution in [3.63, 3.8) is 0 Å². The lowest BCUT2D eigenvalue weighted by Gasteiger charge is -2.10. The van der Waals surface area contributed by atoms with Gasteiger partial charge in [0, 0.05) is 16.5 Å². The van der Waals surface area contributed by atoms with E-state index in [4.69, 9.17) is 4.74 Å². The number of aromatic hydroxyl groups is 1. The summed E-state index contributed by atoms with van der Waals surface area (Å²) in [5, 5.41) is 11.2. The number of nitrogens with zero attached hydrogens (tertiary/aromatic N) is 1. The molecule has 3 aromatic carbocycles. The Bertz CT molecular complexity index is 1420. The normalized spacial score (nSPS) is 15.1.